The van der Waals surface area contributed by atoms with Crippen LogP contribution < -0.4 is 10.6 Å². The Morgan fingerprint density at radius 2 is 1.92 bits per heavy atom. The molecule has 1 fully saturated rings. The van der Waals surface area contributed by atoms with Gasteiger partial charge in [0.1, 0.15) is 11.5 Å². The third-order valence-electron chi connectivity index (χ3n) is 7.03. The molecule has 1 aliphatic heterocycles. The van der Waals surface area contributed by atoms with Crippen molar-refractivity contribution in [2.75, 3.05) is 38.7 Å². The van der Waals surface area contributed by atoms with Gasteiger partial charge in [0, 0.05) is 57.0 Å². The molecule has 1 saturated heterocycles. The molecule has 3 heterocycles. The van der Waals surface area contributed by atoms with Crippen LogP contribution in [0.2, 0.25) is 0 Å². The molecule has 204 valence electrons. The third kappa shape index (κ3) is 5.69. The second-order valence-corrected chi connectivity index (χ2v) is 9.71. The molecule has 0 unspecified atom stereocenters. The van der Waals surface area contributed by atoms with Crippen LogP contribution in [0.5, 0.6) is 0 Å². The molecule has 0 bridgehead atoms. The number of anilines is 1. The average molecular weight is 536 g/mol. The Labute approximate surface area is 225 Å². The lowest BCUT2D eigenvalue weighted by Crippen LogP contribution is -2.42. The van der Waals surface area contributed by atoms with Gasteiger partial charge >= 0.3 is 6.03 Å². The summed E-state index contributed by atoms with van der Waals surface area (Å²) >= 11 is 0. The van der Waals surface area contributed by atoms with Gasteiger partial charge in [0.25, 0.3) is 0 Å². The van der Waals surface area contributed by atoms with Gasteiger partial charge in [-0.1, -0.05) is 24.3 Å². The number of hydrogen-bond acceptors (Lipinski definition) is 5. The van der Waals surface area contributed by atoms with Gasteiger partial charge in [0.05, 0.1) is 24.5 Å². The average Bonchev–Trinajstić information content (AvgIpc) is 3.62. The zero-order chi connectivity index (χ0) is 27.5. The Morgan fingerprint density at radius 3 is 2.62 bits per heavy atom. The number of methoxy groups -OCH3 is 1. The van der Waals surface area contributed by atoms with E-state index in [-0.39, 0.29) is 12.0 Å². The zero-order valence-corrected chi connectivity index (χ0v) is 22.1. The molecule has 2 N–H and O–H groups in total. The van der Waals surface area contributed by atoms with Gasteiger partial charge in [-0.3, -0.25) is 14.9 Å². The molecular weight excluding hydrogens is 504 g/mol. The van der Waals surface area contributed by atoms with Crippen LogP contribution in [0.4, 0.5) is 19.4 Å². The number of nitrogens with zero attached hydrogens (tertiary/aromatic N) is 5. The first-order chi connectivity index (χ1) is 18.8. The third-order valence-corrected chi connectivity index (χ3v) is 7.03. The van der Waals surface area contributed by atoms with Crippen LogP contribution in [0.3, 0.4) is 0 Å². The topological polar surface area (TPSA) is 89.2 Å². The van der Waals surface area contributed by atoms with E-state index in [1.165, 1.54) is 6.07 Å². The van der Waals surface area contributed by atoms with E-state index in [0.717, 1.165) is 22.9 Å². The van der Waals surface area contributed by atoms with Gasteiger partial charge in [-0.15, -0.1) is 0 Å². The zero-order valence-electron chi connectivity index (χ0n) is 22.1. The minimum absolute atomic E-state index is 0.228. The lowest BCUT2D eigenvalue weighted by Gasteiger charge is -2.21. The number of ether oxygens (including phenoxy) is 1. The molecule has 1 aliphatic rings. The molecule has 0 aliphatic carbocycles. The minimum atomic E-state index is -0.906. The molecule has 2 aromatic carbocycles. The number of amides is 2. The fraction of sp³-hybridized carbons (Fsp3) is 0.321. The number of likely N-dealkylation sites (tertiary alicyclic amines) is 1. The van der Waals surface area contributed by atoms with E-state index in [1.54, 1.807) is 28.7 Å². The van der Waals surface area contributed by atoms with E-state index < -0.39 is 17.7 Å². The number of rotatable bonds is 8. The van der Waals surface area contributed by atoms with Gasteiger partial charge < -0.3 is 10.1 Å². The van der Waals surface area contributed by atoms with Gasteiger partial charge in [-0.2, -0.15) is 10.2 Å². The maximum Gasteiger partial charge on any atom is 0.320 e. The lowest BCUT2D eigenvalue weighted by molar-refractivity contribution is 0.159. The smallest absolute Gasteiger partial charge is 0.320 e. The maximum atomic E-state index is 14.1. The molecule has 2 atom stereocenters. The summed E-state index contributed by atoms with van der Waals surface area (Å²) in [6.07, 6.45) is 3.60. The molecular formula is C28H31F2N7O2. The van der Waals surface area contributed by atoms with Crippen LogP contribution in [0.1, 0.15) is 17.0 Å². The summed E-state index contributed by atoms with van der Waals surface area (Å²) in [6.45, 7) is 4.20. The van der Waals surface area contributed by atoms with E-state index >= 15 is 0 Å². The largest absolute Gasteiger partial charge is 0.383 e. The summed E-state index contributed by atoms with van der Waals surface area (Å²) in [5.74, 6) is -1.51. The Bertz CT molecular complexity index is 1450. The summed E-state index contributed by atoms with van der Waals surface area (Å²) in [6, 6.07) is 12.7. The summed E-state index contributed by atoms with van der Waals surface area (Å²) in [7, 11) is 3.46. The highest BCUT2D eigenvalue weighted by atomic mass is 19.2. The van der Waals surface area contributed by atoms with Gasteiger partial charge in [-0.25, -0.2) is 18.3 Å². The first-order valence-corrected chi connectivity index (χ1v) is 12.7. The number of carbonyl (C=O) groups excluding carboxylic acids is 1. The predicted octanol–water partition coefficient (Wildman–Crippen LogP) is 4.10. The van der Waals surface area contributed by atoms with Crippen LogP contribution in [-0.2, 0) is 11.8 Å². The number of aryl methyl sites for hydroxylation is 1. The molecule has 2 aromatic heterocycles. The van der Waals surface area contributed by atoms with Crippen molar-refractivity contribution in [3.05, 3.63) is 83.7 Å². The molecule has 5 rings (SSSR count). The second-order valence-electron chi connectivity index (χ2n) is 9.71. The van der Waals surface area contributed by atoms with Crippen LogP contribution in [0, 0.1) is 18.6 Å². The Balaban J connectivity index is 1.42. The number of para-hydroxylation sites is 1. The summed E-state index contributed by atoms with van der Waals surface area (Å²) in [4.78, 5) is 15.6. The maximum absolute atomic E-state index is 14.1. The van der Waals surface area contributed by atoms with Crippen LogP contribution >= 0.6 is 0 Å². The summed E-state index contributed by atoms with van der Waals surface area (Å²) < 4.78 is 36.3. The number of hydrogen-bond donors (Lipinski definition) is 2. The highest BCUT2D eigenvalue weighted by Gasteiger charge is 2.35. The Hall–Kier alpha value is -4.09. The Morgan fingerprint density at radius 1 is 1.13 bits per heavy atom. The molecule has 11 heteroatoms. The fourth-order valence-electron chi connectivity index (χ4n) is 5.04. The normalized spacial score (nSPS) is 17.5. The highest BCUT2D eigenvalue weighted by Crippen LogP contribution is 2.31. The van der Waals surface area contributed by atoms with E-state index in [2.05, 4.69) is 20.6 Å². The van der Waals surface area contributed by atoms with Crippen molar-refractivity contribution in [1.29, 1.82) is 0 Å². The molecule has 0 saturated carbocycles. The second kappa shape index (κ2) is 11.3. The molecule has 9 nitrogen and oxygen atoms in total. The molecule has 39 heavy (non-hydrogen) atoms. The molecule has 0 spiro atoms. The Kier molecular flexibility index (Phi) is 7.71. The number of urea groups is 1. The molecule has 0 radical (unpaired) electrons. The van der Waals surface area contributed by atoms with Gasteiger partial charge in [0.15, 0.2) is 11.6 Å². The number of carbonyl (C=O) groups is 1. The minimum Gasteiger partial charge on any atom is -0.383 e. The van der Waals surface area contributed by atoms with Gasteiger partial charge in [0.2, 0.25) is 0 Å². The number of benzene rings is 2. The van der Waals surface area contributed by atoms with Crippen molar-refractivity contribution in [2.24, 2.45) is 7.05 Å². The quantitative estimate of drug-likeness (QED) is 0.355. The number of aromatic nitrogens is 4. The van der Waals surface area contributed by atoms with Crippen LogP contribution in [0.25, 0.3) is 16.9 Å². The summed E-state index contributed by atoms with van der Waals surface area (Å²) in [5, 5.41) is 15.1. The van der Waals surface area contributed by atoms with Crippen molar-refractivity contribution in [3.63, 3.8) is 0 Å². The fourth-order valence-corrected chi connectivity index (χ4v) is 5.04. The first kappa shape index (κ1) is 26.5. The monoisotopic (exact) mass is 535 g/mol. The van der Waals surface area contributed by atoms with Crippen molar-refractivity contribution < 1.29 is 18.3 Å². The standard InChI is InChI=1S/C28H31F2N7O2/c1-18-26(20-14-31-35(2)15-20)34-37(21-7-5-4-6-8-21)27(18)33-28(38)32-25-17-36(11-12-39-3)16-22(25)19-9-10-23(29)24(30)13-19/h4-10,13-15,22,25H,11-12,16-17H2,1-3H3,(H2,32,33,38)/t22-,25-/m0/s1. The number of nitrogens with one attached hydrogen (secondary N) is 2. The van der Waals surface area contributed by atoms with Crippen molar-refractivity contribution in [3.8, 4) is 16.9 Å². The molecule has 4 aromatic rings. The summed E-state index contributed by atoms with van der Waals surface area (Å²) in [5.41, 5.74) is 3.73. The SMILES string of the molecule is COCCN1C[C@H](NC(=O)Nc2c(C)c(-c3cnn(C)c3)nn2-c2ccccc2)[C@H](c2ccc(F)c(F)c2)C1. The van der Waals surface area contributed by atoms with Gasteiger partial charge in [-0.05, 0) is 36.8 Å². The van der Waals surface area contributed by atoms with E-state index in [4.69, 9.17) is 9.84 Å². The van der Waals surface area contributed by atoms with Crippen LogP contribution in [-0.4, -0.2) is 69.9 Å². The van der Waals surface area contributed by atoms with E-state index in [1.807, 2.05) is 50.5 Å². The van der Waals surface area contributed by atoms with Crippen molar-refractivity contribution in [2.45, 2.75) is 18.9 Å². The first-order valence-electron chi connectivity index (χ1n) is 12.7. The van der Waals surface area contributed by atoms with Crippen molar-refractivity contribution in [1.82, 2.24) is 29.8 Å². The van der Waals surface area contributed by atoms with E-state index in [9.17, 15) is 13.6 Å². The predicted molar refractivity (Wildman–Crippen MR) is 144 cm³/mol. The highest BCUT2D eigenvalue weighted by molar-refractivity contribution is 5.91. The van der Waals surface area contributed by atoms with E-state index in [0.29, 0.717) is 43.3 Å². The van der Waals surface area contributed by atoms with Crippen molar-refractivity contribution >= 4 is 11.8 Å². The molecule has 2 amide bonds. The van der Waals surface area contributed by atoms with Crippen LogP contribution in [0.15, 0.2) is 60.9 Å². The number of halogens is 2. The lowest BCUT2D eigenvalue weighted by atomic mass is 9.94.